The van der Waals surface area contributed by atoms with Crippen molar-refractivity contribution in [2.45, 2.75) is 24.5 Å². The summed E-state index contributed by atoms with van der Waals surface area (Å²) >= 11 is 0. The fraction of sp³-hybridized carbons (Fsp3) is 0.500. The van der Waals surface area contributed by atoms with Crippen molar-refractivity contribution in [3.8, 4) is 0 Å². The molecule has 0 aliphatic carbocycles. The molecule has 14 heteroatoms. The summed E-state index contributed by atoms with van der Waals surface area (Å²) in [6.07, 6.45) is -3.73. The van der Waals surface area contributed by atoms with Gasteiger partial charge in [0.15, 0.2) is 17.4 Å². The van der Waals surface area contributed by atoms with Crippen LogP contribution < -0.4 is 64.7 Å². The monoisotopic (exact) mass is 380 g/mol. The third kappa shape index (κ3) is 4.37. The van der Waals surface area contributed by atoms with E-state index in [1.165, 1.54) is 10.9 Å². The van der Waals surface area contributed by atoms with Gasteiger partial charge in [0.2, 0.25) is 0 Å². The molecule has 2 aromatic rings. The first-order valence-corrected chi connectivity index (χ1v) is 8.04. The van der Waals surface area contributed by atoms with Gasteiger partial charge in [-0.1, -0.05) is 0 Å². The minimum atomic E-state index is -4.43. The van der Waals surface area contributed by atoms with Gasteiger partial charge in [0.1, 0.15) is 18.3 Å². The van der Waals surface area contributed by atoms with E-state index in [0.29, 0.717) is 0 Å². The number of fused-ring (bicyclic) bond motifs is 1. The Morgan fingerprint density at radius 1 is 1.29 bits per heavy atom. The second-order valence-corrected chi connectivity index (χ2v) is 6.64. The molecular formula is C10H15N4Na2O7P. The van der Waals surface area contributed by atoms with Crippen LogP contribution in [0.5, 0.6) is 0 Å². The Bertz CT molecular complexity index is 818. The van der Waals surface area contributed by atoms with E-state index in [-0.39, 0.29) is 73.1 Å². The summed E-state index contributed by atoms with van der Waals surface area (Å²) in [6.45, 7) is 0. The Balaban J connectivity index is 0. The number of ether oxygens (including phenoxy) is 1. The second kappa shape index (κ2) is 8.38. The molecule has 0 saturated carbocycles. The summed E-state index contributed by atoms with van der Waals surface area (Å²) in [5.41, 5.74) is -0.341. The summed E-state index contributed by atoms with van der Waals surface area (Å²) in [7, 11) is -4.43. The number of hydrogen-bond donors (Lipinski definition) is 5. The van der Waals surface area contributed by atoms with Crippen LogP contribution in [0.25, 0.3) is 11.2 Å². The molecule has 0 aromatic carbocycles. The van der Waals surface area contributed by atoms with Gasteiger partial charge in [-0.25, -0.2) is 9.97 Å². The first-order chi connectivity index (χ1) is 10.3. The van der Waals surface area contributed by atoms with Gasteiger partial charge in [-0.15, -0.1) is 0 Å². The first-order valence-electron chi connectivity index (χ1n) is 6.24. The Hall–Kier alpha value is 0.380. The van der Waals surface area contributed by atoms with Crippen molar-refractivity contribution in [2.75, 3.05) is 6.16 Å². The number of aliphatic hydroxyl groups excluding tert-OH is 2. The van der Waals surface area contributed by atoms with Gasteiger partial charge in [0, 0.05) is 0 Å². The first kappa shape index (κ1) is 22.4. The molecule has 0 amide bonds. The van der Waals surface area contributed by atoms with E-state index in [4.69, 9.17) is 14.5 Å². The summed E-state index contributed by atoms with van der Waals surface area (Å²) in [6, 6.07) is 0. The van der Waals surface area contributed by atoms with Gasteiger partial charge in [-0.05, 0) is 0 Å². The summed E-state index contributed by atoms with van der Waals surface area (Å²) in [5, 5.41) is 19.9. The Labute approximate surface area is 182 Å². The van der Waals surface area contributed by atoms with Crippen molar-refractivity contribution in [3.63, 3.8) is 0 Å². The molecule has 124 valence electrons. The van der Waals surface area contributed by atoms with Crippen molar-refractivity contribution >= 4 is 18.8 Å². The number of nitrogens with zero attached hydrogens (tertiary/aromatic N) is 3. The standard InChI is InChI=1S/C10H13N4O7P.2Na.2H/c15-6-4(1-22(18,19)20)21-10(7(6)16)14-3-13-5-8(14)11-2-12-9(5)17;;;;/h2-4,6-7,10,15-16H,1H2,(H,11,12,17)(H2,18,19,20);;;;/q;2*+1;2*-1/t4-,6-,7-,10-;;;;/m1..../s1. The van der Waals surface area contributed by atoms with Crippen LogP contribution in [-0.2, 0) is 9.30 Å². The molecule has 3 heterocycles. The maximum atomic E-state index is 11.6. The minimum absolute atomic E-state index is 0. The summed E-state index contributed by atoms with van der Waals surface area (Å²) in [5.74, 6) is 0. The average Bonchev–Trinajstić information content (AvgIpc) is 2.95. The molecular weight excluding hydrogens is 365 g/mol. The molecule has 3 rings (SSSR count). The van der Waals surface area contributed by atoms with E-state index < -0.39 is 43.9 Å². The van der Waals surface area contributed by atoms with Gasteiger partial charge in [0.25, 0.3) is 5.56 Å². The van der Waals surface area contributed by atoms with Gasteiger partial charge in [-0.2, -0.15) is 0 Å². The molecule has 5 N–H and O–H groups in total. The van der Waals surface area contributed by atoms with Crippen LogP contribution in [0, 0.1) is 0 Å². The van der Waals surface area contributed by atoms with E-state index in [2.05, 4.69) is 15.0 Å². The van der Waals surface area contributed by atoms with Crippen molar-refractivity contribution < 1.29 is 91.3 Å². The van der Waals surface area contributed by atoms with Gasteiger partial charge in [-0.3, -0.25) is 13.9 Å². The van der Waals surface area contributed by atoms with Crippen LogP contribution in [0.3, 0.4) is 0 Å². The van der Waals surface area contributed by atoms with E-state index in [1.54, 1.807) is 0 Å². The molecule has 2 aromatic heterocycles. The molecule has 4 atom stereocenters. The largest absolute Gasteiger partial charge is 1.00 e. The third-order valence-corrected chi connectivity index (χ3v) is 4.23. The normalized spacial score (nSPS) is 26.8. The Morgan fingerprint density at radius 3 is 2.58 bits per heavy atom. The molecule has 0 bridgehead atoms. The molecule has 1 saturated heterocycles. The van der Waals surface area contributed by atoms with E-state index >= 15 is 0 Å². The molecule has 0 spiro atoms. The van der Waals surface area contributed by atoms with Crippen LogP contribution >= 0.6 is 7.60 Å². The maximum Gasteiger partial charge on any atom is 1.00 e. The zero-order valence-corrected chi connectivity index (χ0v) is 17.9. The number of rotatable bonds is 3. The number of aliphatic hydroxyl groups is 2. The number of hydrogen-bond acceptors (Lipinski definition) is 7. The zero-order valence-electron chi connectivity index (χ0n) is 15.0. The number of H-pyrrole nitrogens is 1. The average molecular weight is 380 g/mol. The predicted octanol–water partition coefficient (Wildman–Crippen LogP) is -7.85. The molecule has 1 aliphatic rings. The molecule has 11 nitrogen and oxygen atoms in total. The predicted molar refractivity (Wildman–Crippen MR) is 73.2 cm³/mol. The summed E-state index contributed by atoms with van der Waals surface area (Å²) < 4.78 is 17.6. The van der Waals surface area contributed by atoms with E-state index in [0.717, 1.165) is 6.33 Å². The Kier molecular flexibility index (Phi) is 7.83. The van der Waals surface area contributed by atoms with Crippen molar-refractivity contribution in [1.29, 1.82) is 0 Å². The third-order valence-electron chi connectivity index (χ3n) is 3.39. The Morgan fingerprint density at radius 2 is 1.96 bits per heavy atom. The molecule has 24 heavy (non-hydrogen) atoms. The number of aromatic nitrogens is 4. The van der Waals surface area contributed by atoms with Crippen molar-refractivity contribution in [3.05, 3.63) is 23.0 Å². The van der Waals surface area contributed by atoms with Crippen LogP contribution in [0.15, 0.2) is 17.4 Å². The van der Waals surface area contributed by atoms with E-state index in [9.17, 15) is 19.6 Å². The quantitative estimate of drug-likeness (QED) is 0.256. The van der Waals surface area contributed by atoms with Crippen molar-refractivity contribution in [1.82, 2.24) is 19.5 Å². The zero-order chi connectivity index (χ0) is 16.1. The van der Waals surface area contributed by atoms with Crippen LogP contribution in [0.2, 0.25) is 0 Å². The topological polar surface area (TPSA) is 171 Å². The van der Waals surface area contributed by atoms with Gasteiger partial charge >= 0.3 is 66.7 Å². The SMILES string of the molecule is O=c1[nH]cnc2c1ncn2[C@@H]1O[C@H](CP(=O)(O)O)[C@@H](O)[C@H]1O.[H-].[H-].[Na+].[Na+]. The van der Waals surface area contributed by atoms with Crippen LogP contribution in [0.1, 0.15) is 9.08 Å². The van der Waals surface area contributed by atoms with Crippen LogP contribution in [0.4, 0.5) is 0 Å². The smallest absolute Gasteiger partial charge is 1.00 e. The fourth-order valence-corrected chi connectivity index (χ4v) is 3.16. The number of aromatic amines is 1. The second-order valence-electron chi connectivity index (χ2n) is 4.95. The summed E-state index contributed by atoms with van der Waals surface area (Å²) in [4.78, 5) is 39.6. The van der Waals surface area contributed by atoms with Crippen LogP contribution in [-0.4, -0.2) is 64.0 Å². The number of imidazole rings is 1. The van der Waals surface area contributed by atoms with Crippen molar-refractivity contribution in [2.24, 2.45) is 0 Å². The minimum Gasteiger partial charge on any atom is -1.00 e. The molecule has 1 fully saturated rings. The molecule has 1 aliphatic heterocycles. The molecule has 0 radical (unpaired) electrons. The van der Waals surface area contributed by atoms with E-state index in [1.807, 2.05) is 0 Å². The van der Waals surface area contributed by atoms with Gasteiger partial charge in [0.05, 0.1) is 18.8 Å². The van der Waals surface area contributed by atoms with Gasteiger partial charge < -0.3 is 32.6 Å². The maximum absolute atomic E-state index is 11.6. The molecule has 0 unspecified atom stereocenters. The fourth-order valence-electron chi connectivity index (χ4n) is 2.39. The number of nitrogens with one attached hydrogen (secondary N) is 1.